The van der Waals surface area contributed by atoms with Crippen molar-refractivity contribution >= 4 is 0 Å². The zero-order valence-electron chi connectivity index (χ0n) is 10.7. The maximum atomic E-state index is 8.53. The van der Waals surface area contributed by atoms with Crippen molar-refractivity contribution in [3.8, 4) is 0 Å². The summed E-state index contributed by atoms with van der Waals surface area (Å²) >= 11 is 0. The number of aliphatic hydroxyl groups is 1. The molecule has 1 aliphatic heterocycles. The molecule has 0 radical (unpaired) electrons. The normalized spacial score (nSPS) is 14.9. The van der Waals surface area contributed by atoms with Crippen LogP contribution in [0.15, 0.2) is 24.3 Å². The molecule has 1 N–H and O–H groups in total. The molecule has 0 aromatic heterocycles. The highest BCUT2D eigenvalue weighted by Gasteiger charge is 2.17. The number of aliphatic hydroxyl groups excluding tert-OH is 1. The zero-order chi connectivity index (χ0) is 12.6. The van der Waals surface area contributed by atoms with Crippen molar-refractivity contribution in [3.63, 3.8) is 0 Å². The number of nitrogens with zero attached hydrogens (tertiary/aromatic N) is 1. The van der Waals surface area contributed by atoms with Crippen LogP contribution in [0, 0.1) is 0 Å². The molecule has 18 heavy (non-hydrogen) atoms. The van der Waals surface area contributed by atoms with Crippen LogP contribution < -0.4 is 0 Å². The summed E-state index contributed by atoms with van der Waals surface area (Å²) in [6.45, 7) is 5.37. The molecule has 0 amide bonds. The van der Waals surface area contributed by atoms with E-state index in [0.717, 1.165) is 26.2 Å². The molecule has 0 saturated heterocycles. The lowest BCUT2D eigenvalue weighted by atomic mass is 10.1. The Morgan fingerprint density at radius 1 is 0.944 bits per heavy atom. The van der Waals surface area contributed by atoms with Crippen LogP contribution in [0.4, 0.5) is 0 Å². The van der Waals surface area contributed by atoms with Gasteiger partial charge in [-0.2, -0.15) is 0 Å². The smallest absolute Gasteiger partial charge is 0.0701 e. The quantitative estimate of drug-likeness (QED) is 0.701. The largest absolute Gasteiger partial charge is 0.394 e. The fourth-order valence-corrected chi connectivity index (χ4v) is 2.14. The third-order valence-corrected chi connectivity index (χ3v) is 3.07. The van der Waals surface area contributed by atoms with E-state index in [0.29, 0.717) is 19.8 Å². The van der Waals surface area contributed by atoms with Crippen LogP contribution in [-0.4, -0.2) is 49.6 Å². The molecule has 100 valence electrons. The monoisotopic (exact) mass is 251 g/mol. The number of hydrogen-bond acceptors (Lipinski definition) is 4. The number of hydrogen-bond donors (Lipinski definition) is 1. The van der Waals surface area contributed by atoms with Crippen molar-refractivity contribution in [2.45, 2.75) is 13.1 Å². The third kappa shape index (κ3) is 4.07. The van der Waals surface area contributed by atoms with Gasteiger partial charge >= 0.3 is 0 Å². The molecule has 0 spiro atoms. The van der Waals surface area contributed by atoms with Crippen LogP contribution in [0.1, 0.15) is 11.1 Å². The van der Waals surface area contributed by atoms with Crippen molar-refractivity contribution in [2.24, 2.45) is 0 Å². The van der Waals surface area contributed by atoms with Gasteiger partial charge in [-0.25, -0.2) is 0 Å². The third-order valence-electron chi connectivity index (χ3n) is 3.07. The van der Waals surface area contributed by atoms with E-state index >= 15 is 0 Å². The van der Waals surface area contributed by atoms with E-state index in [2.05, 4.69) is 29.2 Å². The van der Waals surface area contributed by atoms with Crippen LogP contribution in [0.3, 0.4) is 0 Å². The Hall–Kier alpha value is -0.940. The van der Waals surface area contributed by atoms with E-state index in [1.807, 2.05) is 0 Å². The van der Waals surface area contributed by atoms with Gasteiger partial charge in [0.2, 0.25) is 0 Å². The van der Waals surface area contributed by atoms with E-state index in [4.69, 9.17) is 14.6 Å². The van der Waals surface area contributed by atoms with Gasteiger partial charge in [0.05, 0.1) is 33.0 Å². The van der Waals surface area contributed by atoms with Gasteiger partial charge in [0.1, 0.15) is 0 Å². The number of rotatable bonds is 8. The second-order valence-corrected chi connectivity index (χ2v) is 4.43. The van der Waals surface area contributed by atoms with Crippen LogP contribution >= 0.6 is 0 Å². The van der Waals surface area contributed by atoms with Gasteiger partial charge in [0.15, 0.2) is 0 Å². The fraction of sp³-hybridized carbons (Fsp3) is 0.571. The molecule has 1 aliphatic rings. The second-order valence-electron chi connectivity index (χ2n) is 4.43. The summed E-state index contributed by atoms with van der Waals surface area (Å²) in [6, 6.07) is 8.58. The van der Waals surface area contributed by atoms with Crippen molar-refractivity contribution in [3.05, 3.63) is 35.4 Å². The summed E-state index contributed by atoms with van der Waals surface area (Å²) < 4.78 is 10.6. The number of fused-ring (bicyclic) bond motifs is 1. The summed E-state index contributed by atoms with van der Waals surface area (Å²) in [6.07, 6.45) is 0. The molecule has 0 fully saturated rings. The van der Waals surface area contributed by atoms with E-state index in [-0.39, 0.29) is 6.61 Å². The van der Waals surface area contributed by atoms with Gasteiger partial charge in [0, 0.05) is 19.6 Å². The average Bonchev–Trinajstić information content (AvgIpc) is 2.80. The van der Waals surface area contributed by atoms with Crippen LogP contribution in [0.25, 0.3) is 0 Å². The topological polar surface area (TPSA) is 41.9 Å². The predicted octanol–water partition coefficient (Wildman–Crippen LogP) is 1.03. The number of benzene rings is 1. The summed E-state index contributed by atoms with van der Waals surface area (Å²) in [5.74, 6) is 0. The molecule has 0 bridgehead atoms. The lowest BCUT2D eigenvalue weighted by Gasteiger charge is -2.14. The first kappa shape index (κ1) is 13.5. The maximum absolute atomic E-state index is 8.53. The minimum Gasteiger partial charge on any atom is -0.394 e. The molecule has 0 saturated carbocycles. The summed E-state index contributed by atoms with van der Waals surface area (Å²) in [5.41, 5.74) is 2.87. The lowest BCUT2D eigenvalue weighted by molar-refractivity contribution is 0.0262. The first-order valence-electron chi connectivity index (χ1n) is 6.45. The molecule has 2 rings (SSSR count). The first-order valence-corrected chi connectivity index (χ1v) is 6.45. The van der Waals surface area contributed by atoms with E-state index in [1.54, 1.807) is 0 Å². The van der Waals surface area contributed by atoms with E-state index in [1.165, 1.54) is 11.1 Å². The van der Waals surface area contributed by atoms with Crippen molar-refractivity contribution < 1.29 is 14.6 Å². The predicted molar refractivity (Wildman–Crippen MR) is 69.3 cm³/mol. The molecule has 0 atom stereocenters. The van der Waals surface area contributed by atoms with E-state index in [9.17, 15) is 0 Å². The molecule has 4 nitrogen and oxygen atoms in total. The zero-order valence-corrected chi connectivity index (χ0v) is 10.7. The minimum atomic E-state index is 0.0754. The van der Waals surface area contributed by atoms with Crippen molar-refractivity contribution in [1.29, 1.82) is 0 Å². The average molecular weight is 251 g/mol. The van der Waals surface area contributed by atoms with Crippen molar-refractivity contribution in [2.75, 3.05) is 39.6 Å². The highest BCUT2D eigenvalue weighted by molar-refractivity contribution is 5.30. The maximum Gasteiger partial charge on any atom is 0.0701 e. The molecule has 1 heterocycles. The first-order chi connectivity index (χ1) is 8.90. The van der Waals surface area contributed by atoms with Gasteiger partial charge in [0.25, 0.3) is 0 Å². The molecular weight excluding hydrogens is 230 g/mol. The lowest BCUT2D eigenvalue weighted by Crippen LogP contribution is -2.22. The Balaban J connectivity index is 1.54. The Morgan fingerprint density at radius 2 is 1.56 bits per heavy atom. The van der Waals surface area contributed by atoms with Gasteiger partial charge < -0.3 is 14.6 Å². The van der Waals surface area contributed by atoms with E-state index < -0.39 is 0 Å². The Kier molecular flexibility index (Phi) is 5.61. The second kappa shape index (κ2) is 7.48. The molecule has 1 aromatic carbocycles. The standard InChI is InChI=1S/C14H21NO3/c16-6-8-18-10-9-17-7-5-15-11-13-3-1-2-4-14(13)12-15/h1-4,16H,5-12H2. The molecule has 1 aromatic rings. The highest BCUT2D eigenvalue weighted by atomic mass is 16.5. The van der Waals surface area contributed by atoms with Crippen molar-refractivity contribution in [1.82, 2.24) is 4.90 Å². The Morgan fingerprint density at radius 3 is 2.17 bits per heavy atom. The van der Waals surface area contributed by atoms with Crippen LogP contribution in [0.2, 0.25) is 0 Å². The molecule has 0 unspecified atom stereocenters. The summed E-state index contributed by atoms with van der Waals surface area (Å²) in [4.78, 5) is 2.39. The molecule has 0 aliphatic carbocycles. The number of ether oxygens (including phenoxy) is 2. The van der Waals surface area contributed by atoms with Gasteiger partial charge in [-0.15, -0.1) is 0 Å². The Labute approximate surface area is 108 Å². The minimum absolute atomic E-state index is 0.0754. The van der Waals surface area contributed by atoms with Gasteiger partial charge in [-0.05, 0) is 11.1 Å². The Bertz CT molecular complexity index is 332. The highest BCUT2D eigenvalue weighted by Crippen LogP contribution is 2.21. The van der Waals surface area contributed by atoms with Gasteiger partial charge in [-0.3, -0.25) is 4.90 Å². The van der Waals surface area contributed by atoms with Crippen LogP contribution in [0.5, 0.6) is 0 Å². The summed E-state index contributed by atoms with van der Waals surface area (Å²) in [7, 11) is 0. The fourth-order valence-electron chi connectivity index (χ4n) is 2.14. The summed E-state index contributed by atoms with van der Waals surface area (Å²) in [5, 5.41) is 8.53. The van der Waals surface area contributed by atoms with Crippen LogP contribution in [-0.2, 0) is 22.6 Å². The molecular formula is C14H21NO3. The van der Waals surface area contributed by atoms with Gasteiger partial charge in [-0.1, -0.05) is 24.3 Å². The SMILES string of the molecule is OCCOCCOCCN1Cc2ccccc2C1. The molecule has 4 heteroatoms.